The molecule has 2 nitrogen and oxygen atoms in total. The molecule has 0 saturated heterocycles. The molecular weight excluding hydrogens is 784 g/mol. The minimum atomic E-state index is -0.239. The summed E-state index contributed by atoms with van der Waals surface area (Å²) in [6.45, 7) is 19.6. The van der Waals surface area contributed by atoms with Crippen molar-refractivity contribution in [1.29, 1.82) is 0 Å². The van der Waals surface area contributed by atoms with Crippen molar-refractivity contribution in [2.45, 2.75) is 89.9 Å². The van der Waals surface area contributed by atoms with Crippen LogP contribution < -0.4 is 20.6 Å². The van der Waals surface area contributed by atoms with Crippen LogP contribution in [0.1, 0.15) is 102 Å². The van der Waals surface area contributed by atoms with E-state index in [0.29, 0.717) is 0 Å². The van der Waals surface area contributed by atoms with E-state index in [1.165, 1.54) is 130 Å². The third-order valence-electron chi connectivity index (χ3n) is 16.7. The monoisotopic (exact) mass is 838 g/mol. The van der Waals surface area contributed by atoms with Gasteiger partial charge in [0.05, 0.1) is 5.69 Å². The third-order valence-corrected chi connectivity index (χ3v) is 16.7. The Morgan fingerprint density at radius 3 is 1.74 bits per heavy atom. The Balaban J connectivity index is 1.17. The Hall–Kier alpha value is -6.58. The van der Waals surface area contributed by atoms with Gasteiger partial charge in [-0.15, -0.1) is 0 Å². The summed E-state index contributed by atoms with van der Waals surface area (Å²) in [5, 5.41) is 0. The summed E-state index contributed by atoms with van der Waals surface area (Å²) in [5.74, 6) is 0. The minimum Gasteiger partial charge on any atom is -0.376 e. The average Bonchev–Trinajstić information content (AvgIpc) is 3.56. The molecule has 316 valence electrons. The van der Waals surface area contributed by atoms with Gasteiger partial charge in [-0.3, -0.25) is 0 Å². The smallest absolute Gasteiger partial charge is 0.333 e. The number of para-hydroxylation sites is 1. The molecule has 3 aliphatic heterocycles. The maximum atomic E-state index is 2.77. The van der Waals surface area contributed by atoms with Crippen LogP contribution in [0.25, 0.3) is 44.5 Å². The molecule has 8 aromatic carbocycles. The largest absolute Gasteiger partial charge is 0.376 e. The number of anilines is 5. The normalized spacial score (nSPS) is 17.8. The number of hydrogen-bond donors (Lipinski definition) is 0. The van der Waals surface area contributed by atoms with Crippen LogP contribution >= 0.6 is 0 Å². The van der Waals surface area contributed by atoms with Gasteiger partial charge >= 0.3 is 6.85 Å². The maximum absolute atomic E-state index is 2.77. The summed E-state index contributed by atoms with van der Waals surface area (Å²) in [7, 11) is 0. The molecule has 0 radical (unpaired) electrons. The van der Waals surface area contributed by atoms with E-state index in [2.05, 4.69) is 229 Å². The third kappa shape index (κ3) is 5.19. The SMILES string of the molecule is CC1(C)CCC(C)(C)c2cc3c(cc21)N1c2cc(-c4ccccc4)cc4c2B(c2cccc(c21)C3(C)C)N(c1cccc2c1C(C)(C)c1ccccc1-2)c1cc(-c2ccccc2)ccc1-4. The summed E-state index contributed by atoms with van der Waals surface area (Å²) in [4.78, 5) is 5.50. The Bertz CT molecular complexity index is 3340. The van der Waals surface area contributed by atoms with Crippen molar-refractivity contribution in [3.63, 3.8) is 0 Å². The molecular formula is C62H55BN2. The second-order valence-electron chi connectivity index (χ2n) is 21.9. The fourth-order valence-electron chi connectivity index (χ4n) is 13.1. The summed E-state index contributed by atoms with van der Waals surface area (Å²) >= 11 is 0. The second-order valence-corrected chi connectivity index (χ2v) is 21.9. The molecule has 0 unspecified atom stereocenters. The highest BCUT2D eigenvalue weighted by molar-refractivity contribution is 6.93. The van der Waals surface area contributed by atoms with Crippen molar-refractivity contribution < 1.29 is 0 Å². The first kappa shape index (κ1) is 38.8. The van der Waals surface area contributed by atoms with Gasteiger partial charge in [-0.2, -0.15) is 0 Å². The van der Waals surface area contributed by atoms with Gasteiger partial charge in [0.2, 0.25) is 0 Å². The van der Waals surface area contributed by atoms with E-state index in [1.54, 1.807) is 0 Å². The molecule has 3 heteroatoms. The lowest BCUT2D eigenvalue weighted by Crippen LogP contribution is -2.62. The zero-order valence-electron chi connectivity index (χ0n) is 39.0. The lowest BCUT2D eigenvalue weighted by Gasteiger charge is -2.52. The summed E-state index contributed by atoms with van der Waals surface area (Å²) in [6.07, 6.45) is 2.37. The van der Waals surface area contributed by atoms with E-state index in [4.69, 9.17) is 0 Å². The second kappa shape index (κ2) is 13.0. The topological polar surface area (TPSA) is 6.48 Å². The fraction of sp³-hybridized carbons (Fsp3) is 0.226. The highest BCUT2D eigenvalue weighted by Crippen LogP contribution is 2.60. The van der Waals surface area contributed by atoms with Gasteiger partial charge in [-0.25, -0.2) is 0 Å². The molecule has 8 aromatic rings. The van der Waals surface area contributed by atoms with Crippen LogP contribution in [0.2, 0.25) is 0 Å². The molecule has 0 N–H and O–H groups in total. The number of rotatable bonds is 3. The molecule has 0 spiro atoms. The van der Waals surface area contributed by atoms with Gasteiger partial charge in [0.15, 0.2) is 0 Å². The van der Waals surface area contributed by atoms with Gasteiger partial charge in [0, 0.05) is 39.1 Å². The number of benzene rings is 8. The quantitative estimate of drug-likeness (QED) is 0.164. The standard InChI is InChI=1S/C62H55BN2/c1-59(2)31-32-60(3,4)49-37-54-50(36-48(49)59)61(5,6)47-26-18-27-51-58(47)64(54)55-35-41(39-21-13-10-14-22-39)33-45-43-30-29-40(38-19-11-9-12-20-38)34-53(43)65(63(51)57(45)55)52-28-17-24-44-42-23-15-16-25-46(42)62(7,8)56(44)52/h9-30,33-37H,31-32H2,1-8H3. The Morgan fingerprint density at radius 2 is 1.00 bits per heavy atom. The molecule has 3 heterocycles. The average molecular weight is 839 g/mol. The van der Waals surface area contributed by atoms with E-state index < -0.39 is 0 Å². The predicted molar refractivity (Wildman–Crippen MR) is 276 cm³/mol. The first-order valence-corrected chi connectivity index (χ1v) is 23.8. The molecule has 0 amide bonds. The molecule has 65 heavy (non-hydrogen) atoms. The zero-order chi connectivity index (χ0) is 44.4. The highest BCUT2D eigenvalue weighted by atomic mass is 15.2. The predicted octanol–water partition coefficient (Wildman–Crippen LogP) is 15.0. The van der Waals surface area contributed by atoms with E-state index in [9.17, 15) is 0 Å². The van der Waals surface area contributed by atoms with Crippen molar-refractivity contribution in [2.75, 3.05) is 9.71 Å². The highest BCUT2D eigenvalue weighted by Gasteiger charge is 2.52. The number of fused-ring (bicyclic) bond motifs is 10. The van der Waals surface area contributed by atoms with Gasteiger partial charge in [-0.05, 0) is 137 Å². The van der Waals surface area contributed by atoms with E-state index in [0.717, 1.165) is 0 Å². The van der Waals surface area contributed by atoms with Gasteiger partial charge in [0.1, 0.15) is 0 Å². The molecule has 13 rings (SSSR count). The summed E-state index contributed by atoms with van der Waals surface area (Å²) in [5.41, 5.74) is 27.8. The first-order chi connectivity index (χ1) is 31.3. The van der Waals surface area contributed by atoms with Crippen LogP contribution in [0, 0.1) is 0 Å². The van der Waals surface area contributed by atoms with E-state index in [1.807, 2.05) is 0 Å². The van der Waals surface area contributed by atoms with Crippen LogP contribution in [0.4, 0.5) is 28.4 Å². The first-order valence-electron chi connectivity index (χ1n) is 23.8. The summed E-state index contributed by atoms with van der Waals surface area (Å²) < 4.78 is 0. The number of nitrogens with zero attached hydrogens (tertiary/aromatic N) is 2. The van der Waals surface area contributed by atoms with E-state index in [-0.39, 0.29) is 28.5 Å². The molecule has 2 aliphatic carbocycles. The molecule has 0 aromatic heterocycles. The Labute approximate surface area is 385 Å². The molecule has 0 atom stereocenters. The molecule has 0 bridgehead atoms. The number of hydrogen-bond acceptors (Lipinski definition) is 2. The van der Waals surface area contributed by atoms with Gasteiger partial charge in [-0.1, -0.05) is 189 Å². The van der Waals surface area contributed by atoms with E-state index >= 15 is 0 Å². The lowest BCUT2D eigenvalue weighted by molar-refractivity contribution is 0.331. The maximum Gasteiger partial charge on any atom is 0.333 e. The van der Waals surface area contributed by atoms with Crippen LogP contribution in [0.5, 0.6) is 0 Å². The molecule has 5 aliphatic rings. The van der Waals surface area contributed by atoms with Crippen molar-refractivity contribution in [2.24, 2.45) is 0 Å². The fourth-order valence-corrected chi connectivity index (χ4v) is 13.1. The van der Waals surface area contributed by atoms with Crippen molar-refractivity contribution in [1.82, 2.24) is 0 Å². The summed E-state index contributed by atoms with van der Waals surface area (Å²) in [6, 6.07) is 63.1. The van der Waals surface area contributed by atoms with Crippen molar-refractivity contribution in [3.05, 3.63) is 197 Å². The van der Waals surface area contributed by atoms with Gasteiger partial charge < -0.3 is 9.71 Å². The molecule has 0 fully saturated rings. The van der Waals surface area contributed by atoms with Crippen LogP contribution in [-0.2, 0) is 21.7 Å². The van der Waals surface area contributed by atoms with Crippen LogP contribution in [0.3, 0.4) is 0 Å². The Kier molecular flexibility index (Phi) is 7.79. The van der Waals surface area contributed by atoms with Crippen molar-refractivity contribution >= 4 is 46.2 Å². The van der Waals surface area contributed by atoms with Crippen LogP contribution in [-0.4, -0.2) is 6.85 Å². The van der Waals surface area contributed by atoms with Gasteiger partial charge in [0.25, 0.3) is 0 Å². The lowest BCUT2D eigenvalue weighted by atomic mass is 9.42. The Morgan fingerprint density at radius 1 is 0.385 bits per heavy atom. The van der Waals surface area contributed by atoms with Crippen molar-refractivity contribution in [3.8, 4) is 44.5 Å². The zero-order valence-corrected chi connectivity index (χ0v) is 39.0. The van der Waals surface area contributed by atoms with Crippen LogP contribution in [0.15, 0.2) is 164 Å². The minimum absolute atomic E-state index is 0.0672. The molecule has 0 saturated carbocycles.